The van der Waals surface area contributed by atoms with E-state index in [1.165, 1.54) is 19.9 Å². The molecule has 0 aliphatic rings. The van der Waals surface area contributed by atoms with Crippen LogP contribution in [0.4, 0.5) is 0 Å². The first-order valence-corrected chi connectivity index (χ1v) is 6.90. The van der Waals surface area contributed by atoms with Crippen LogP contribution >= 0.6 is 0 Å². The highest BCUT2D eigenvalue weighted by atomic mass is 32.2. The van der Waals surface area contributed by atoms with Gasteiger partial charge in [-0.25, -0.2) is 8.42 Å². The van der Waals surface area contributed by atoms with Gasteiger partial charge in [0.15, 0.2) is 9.84 Å². The predicted octanol–water partition coefficient (Wildman–Crippen LogP) is -0.0953. The minimum absolute atomic E-state index is 0.0914. The number of hydrogen-bond acceptors (Lipinski definition) is 4. The van der Waals surface area contributed by atoms with Gasteiger partial charge in [-0.1, -0.05) is 0 Å². The lowest BCUT2D eigenvalue weighted by atomic mass is 9.98. The van der Waals surface area contributed by atoms with E-state index < -0.39 is 21.7 Å². The Hall–Kier alpha value is -1.89. The average Bonchev–Trinajstić information content (AvgIpc) is 2.17. The fourth-order valence-electron chi connectivity index (χ4n) is 1.92. The van der Waals surface area contributed by atoms with Crippen molar-refractivity contribution in [3.63, 3.8) is 0 Å². The number of hydrogen-bond donors (Lipinski definition) is 2. The Morgan fingerprint density at radius 2 is 1.61 bits per heavy atom. The molecule has 0 spiro atoms. The topological polar surface area (TPSA) is 120 Å². The molecule has 0 fully saturated rings. The van der Waals surface area contributed by atoms with E-state index in [4.69, 9.17) is 11.5 Å². The van der Waals surface area contributed by atoms with Crippen LogP contribution < -0.4 is 11.5 Å². The molecule has 0 heterocycles. The zero-order valence-corrected chi connectivity index (χ0v) is 11.1. The second-order valence-electron chi connectivity index (χ2n) is 4.07. The number of primary amides is 2. The van der Waals surface area contributed by atoms with E-state index >= 15 is 0 Å². The number of benzene rings is 1. The van der Waals surface area contributed by atoms with Crippen molar-refractivity contribution in [2.45, 2.75) is 18.7 Å². The lowest BCUT2D eigenvalue weighted by molar-refractivity contribution is 0.0996. The zero-order valence-electron chi connectivity index (χ0n) is 10.3. The number of aryl methyl sites for hydroxylation is 1. The van der Waals surface area contributed by atoms with Crippen LogP contribution in [0.2, 0.25) is 0 Å². The van der Waals surface area contributed by atoms with Gasteiger partial charge in [0.05, 0.1) is 10.5 Å². The molecule has 1 aromatic rings. The standard InChI is InChI=1S/C11H14N2O4S/c1-5-4-7(10(12)14)6(2)8(11(13)15)9(5)18(3,16)17/h4H,1-3H3,(H2,12,14)(H2,13,15). The molecular weight excluding hydrogens is 256 g/mol. The minimum Gasteiger partial charge on any atom is -0.366 e. The fraction of sp³-hybridized carbons (Fsp3) is 0.273. The molecule has 1 rings (SSSR count). The van der Waals surface area contributed by atoms with E-state index in [2.05, 4.69) is 0 Å². The molecule has 0 atom stereocenters. The molecule has 0 aliphatic carbocycles. The molecule has 0 radical (unpaired) electrons. The lowest BCUT2D eigenvalue weighted by Crippen LogP contribution is -2.22. The third-order valence-electron chi connectivity index (χ3n) is 2.61. The van der Waals surface area contributed by atoms with Gasteiger partial charge in [0.25, 0.3) is 0 Å². The van der Waals surface area contributed by atoms with Gasteiger partial charge in [0, 0.05) is 11.8 Å². The van der Waals surface area contributed by atoms with Crippen LogP contribution in [0.5, 0.6) is 0 Å². The molecule has 0 aromatic heterocycles. The van der Waals surface area contributed by atoms with Crippen molar-refractivity contribution in [1.29, 1.82) is 0 Å². The Bertz CT molecular complexity index is 647. The summed E-state index contributed by atoms with van der Waals surface area (Å²) in [5, 5.41) is 0. The highest BCUT2D eigenvalue weighted by molar-refractivity contribution is 7.90. The monoisotopic (exact) mass is 270 g/mol. The van der Waals surface area contributed by atoms with Crippen molar-refractivity contribution >= 4 is 21.7 Å². The van der Waals surface area contributed by atoms with E-state index in [0.717, 1.165) is 6.26 Å². The van der Waals surface area contributed by atoms with Crippen LogP contribution in [0.1, 0.15) is 31.8 Å². The second-order valence-corrected chi connectivity index (χ2v) is 6.02. The number of carbonyl (C=O) groups excluding carboxylic acids is 2. The quantitative estimate of drug-likeness (QED) is 0.796. The fourth-order valence-corrected chi connectivity index (χ4v) is 3.19. The summed E-state index contributed by atoms with van der Waals surface area (Å²) in [6.45, 7) is 2.92. The van der Waals surface area contributed by atoms with Crippen molar-refractivity contribution in [2.75, 3.05) is 6.26 Å². The van der Waals surface area contributed by atoms with Crippen LogP contribution in [-0.2, 0) is 9.84 Å². The van der Waals surface area contributed by atoms with Crippen molar-refractivity contribution in [3.8, 4) is 0 Å². The molecule has 7 heteroatoms. The SMILES string of the molecule is Cc1cc(C(N)=O)c(C)c(C(N)=O)c1S(C)(=O)=O. The molecule has 1 aromatic carbocycles. The lowest BCUT2D eigenvalue weighted by Gasteiger charge is -2.14. The van der Waals surface area contributed by atoms with Crippen LogP contribution in [0.15, 0.2) is 11.0 Å². The summed E-state index contributed by atoms with van der Waals surface area (Å²) in [5.74, 6) is -1.64. The summed E-state index contributed by atoms with van der Waals surface area (Å²) < 4.78 is 23.4. The highest BCUT2D eigenvalue weighted by Crippen LogP contribution is 2.26. The molecule has 0 saturated heterocycles. The first-order valence-electron chi connectivity index (χ1n) is 5.01. The van der Waals surface area contributed by atoms with E-state index in [-0.39, 0.29) is 27.1 Å². The number of carbonyl (C=O) groups is 2. The van der Waals surface area contributed by atoms with Gasteiger partial charge in [0.1, 0.15) is 0 Å². The maximum Gasteiger partial charge on any atom is 0.250 e. The molecule has 98 valence electrons. The van der Waals surface area contributed by atoms with E-state index in [1.807, 2.05) is 0 Å². The van der Waals surface area contributed by atoms with Crippen LogP contribution in [-0.4, -0.2) is 26.5 Å². The maximum atomic E-state index is 11.7. The summed E-state index contributed by atoms with van der Waals surface area (Å²) in [7, 11) is -3.63. The van der Waals surface area contributed by atoms with E-state index in [9.17, 15) is 18.0 Å². The maximum absolute atomic E-state index is 11.7. The van der Waals surface area contributed by atoms with Gasteiger partial charge in [-0.3, -0.25) is 9.59 Å². The van der Waals surface area contributed by atoms with Gasteiger partial charge < -0.3 is 11.5 Å². The van der Waals surface area contributed by atoms with Crippen LogP contribution in [0.25, 0.3) is 0 Å². The molecule has 0 bridgehead atoms. The van der Waals surface area contributed by atoms with E-state index in [0.29, 0.717) is 0 Å². The van der Waals surface area contributed by atoms with Crippen molar-refractivity contribution in [2.24, 2.45) is 11.5 Å². The minimum atomic E-state index is -3.63. The third-order valence-corrected chi connectivity index (χ3v) is 3.88. The number of nitrogens with two attached hydrogens (primary N) is 2. The molecule has 4 N–H and O–H groups in total. The second kappa shape index (κ2) is 4.41. The first-order chi connectivity index (χ1) is 8.07. The average molecular weight is 270 g/mol. The van der Waals surface area contributed by atoms with Crippen LogP contribution in [0, 0.1) is 13.8 Å². The van der Waals surface area contributed by atoms with Gasteiger partial charge >= 0.3 is 0 Å². The number of sulfone groups is 1. The molecule has 0 aliphatic heterocycles. The van der Waals surface area contributed by atoms with Gasteiger partial charge in [0.2, 0.25) is 11.8 Å². The summed E-state index contributed by atoms with van der Waals surface area (Å²) >= 11 is 0. The summed E-state index contributed by atoms with van der Waals surface area (Å²) in [4.78, 5) is 22.5. The van der Waals surface area contributed by atoms with Crippen molar-refractivity contribution in [1.82, 2.24) is 0 Å². The van der Waals surface area contributed by atoms with E-state index in [1.54, 1.807) is 0 Å². The molecule has 0 unspecified atom stereocenters. The Balaban J connectivity index is 3.93. The normalized spacial score (nSPS) is 11.3. The van der Waals surface area contributed by atoms with Crippen molar-refractivity contribution < 1.29 is 18.0 Å². The molecule has 6 nitrogen and oxygen atoms in total. The van der Waals surface area contributed by atoms with Gasteiger partial charge in [-0.05, 0) is 31.0 Å². The first kappa shape index (κ1) is 14.2. The number of amides is 2. The molecule has 0 saturated carbocycles. The Labute approximate surface area is 105 Å². The smallest absolute Gasteiger partial charge is 0.250 e. The zero-order chi connectivity index (χ0) is 14.2. The molecule has 18 heavy (non-hydrogen) atoms. The van der Waals surface area contributed by atoms with Crippen molar-refractivity contribution in [3.05, 3.63) is 28.3 Å². The predicted molar refractivity (Wildman–Crippen MR) is 66.1 cm³/mol. The summed E-state index contributed by atoms with van der Waals surface area (Å²) in [5.41, 5.74) is 10.7. The Morgan fingerprint density at radius 3 is 1.94 bits per heavy atom. The molecule has 2 amide bonds. The Morgan fingerprint density at radius 1 is 1.11 bits per heavy atom. The summed E-state index contributed by atoms with van der Waals surface area (Å²) in [6, 6.07) is 1.35. The number of rotatable bonds is 3. The largest absolute Gasteiger partial charge is 0.366 e. The third kappa shape index (κ3) is 2.35. The van der Waals surface area contributed by atoms with Gasteiger partial charge in [-0.15, -0.1) is 0 Å². The highest BCUT2D eigenvalue weighted by Gasteiger charge is 2.25. The molecular formula is C11H14N2O4S. The van der Waals surface area contributed by atoms with Gasteiger partial charge in [-0.2, -0.15) is 0 Å². The Kier molecular flexibility index (Phi) is 3.47. The summed E-state index contributed by atoms with van der Waals surface area (Å²) in [6.07, 6.45) is 0.977. The van der Waals surface area contributed by atoms with Crippen LogP contribution in [0.3, 0.4) is 0 Å².